The minimum absolute atomic E-state index is 0.355. The van der Waals surface area contributed by atoms with Crippen LogP contribution in [-0.2, 0) is 9.84 Å². The number of sulfone groups is 1. The molecule has 4 heteroatoms. The first-order valence-corrected chi connectivity index (χ1v) is 11.3. The molecule has 138 valence electrons. The van der Waals surface area contributed by atoms with E-state index in [1.165, 1.54) is 48.6 Å². The molecule has 0 radical (unpaired) electrons. The van der Waals surface area contributed by atoms with Crippen LogP contribution >= 0.6 is 0 Å². The Morgan fingerprint density at radius 3 is 1.78 bits per heavy atom. The van der Waals surface area contributed by atoms with E-state index in [9.17, 15) is 8.42 Å². The molecule has 1 spiro atoms. The van der Waals surface area contributed by atoms with Crippen LogP contribution in [0.4, 0.5) is 0 Å². The molecule has 0 aromatic heterocycles. The van der Waals surface area contributed by atoms with E-state index in [-0.39, 0.29) is 0 Å². The standard InChI is InChI=1S/C23H23NO2S/c1-27(25,26)20-10-8-19(9-11-20)22-15-23(12-2-3-13-23)14-21(22)18-6-4-17(16-24)5-7-18/h4-11H,2-3,12-15H2,1H3. The summed E-state index contributed by atoms with van der Waals surface area (Å²) in [5.41, 5.74) is 6.02. The van der Waals surface area contributed by atoms with Gasteiger partial charge in [0.25, 0.3) is 0 Å². The van der Waals surface area contributed by atoms with E-state index in [1.54, 1.807) is 12.1 Å². The maximum Gasteiger partial charge on any atom is 0.175 e. The Morgan fingerprint density at radius 1 is 0.852 bits per heavy atom. The van der Waals surface area contributed by atoms with Gasteiger partial charge in [0.05, 0.1) is 16.5 Å². The van der Waals surface area contributed by atoms with E-state index in [4.69, 9.17) is 5.26 Å². The molecule has 2 aromatic rings. The predicted molar refractivity (Wildman–Crippen MR) is 108 cm³/mol. The van der Waals surface area contributed by atoms with Crippen molar-refractivity contribution in [1.29, 1.82) is 5.26 Å². The summed E-state index contributed by atoms with van der Waals surface area (Å²) in [5, 5.41) is 9.07. The molecule has 0 bridgehead atoms. The average Bonchev–Trinajstić information content (AvgIpc) is 3.28. The third-order valence-corrected chi connectivity index (χ3v) is 7.25. The van der Waals surface area contributed by atoms with Crippen LogP contribution in [-0.4, -0.2) is 14.7 Å². The van der Waals surface area contributed by atoms with Crippen molar-refractivity contribution < 1.29 is 8.42 Å². The maximum atomic E-state index is 11.8. The van der Waals surface area contributed by atoms with Crippen molar-refractivity contribution in [3.05, 3.63) is 65.2 Å². The van der Waals surface area contributed by atoms with Gasteiger partial charge in [0.1, 0.15) is 0 Å². The van der Waals surface area contributed by atoms with Gasteiger partial charge in [-0.1, -0.05) is 37.1 Å². The van der Waals surface area contributed by atoms with Gasteiger partial charge in [0.15, 0.2) is 9.84 Å². The summed E-state index contributed by atoms with van der Waals surface area (Å²) in [6.07, 6.45) is 8.48. The van der Waals surface area contributed by atoms with Crippen LogP contribution in [0.1, 0.15) is 55.2 Å². The summed E-state index contributed by atoms with van der Waals surface area (Å²) in [6, 6.07) is 17.4. The molecular formula is C23H23NO2S. The Kier molecular flexibility index (Phi) is 4.44. The highest BCUT2D eigenvalue weighted by molar-refractivity contribution is 7.90. The molecule has 2 aliphatic rings. The first-order valence-electron chi connectivity index (χ1n) is 9.43. The molecular weight excluding hydrogens is 354 g/mol. The third-order valence-electron chi connectivity index (χ3n) is 6.13. The van der Waals surface area contributed by atoms with Crippen LogP contribution in [0.25, 0.3) is 11.1 Å². The molecule has 3 nitrogen and oxygen atoms in total. The van der Waals surface area contributed by atoms with Crippen molar-refractivity contribution >= 4 is 21.0 Å². The molecule has 0 aliphatic heterocycles. The van der Waals surface area contributed by atoms with Crippen molar-refractivity contribution in [2.24, 2.45) is 5.41 Å². The number of allylic oxidation sites excluding steroid dienone is 2. The first-order chi connectivity index (χ1) is 12.9. The Labute approximate surface area is 161 Å². The Balaban J connectivity index is 1.77. The van der Waals surface area contributed by atoms with E-state index in [0.29, 0.717) is 15.9 Å². The number of hydrogen-bond donors (Lipinski definition) is 0. The second-order valence-corrected chi connectivity index (χ2v) is 10.0. The molecule has 27 heavy (non-hydrogen) atoms. The topological polar surface area (TPSA) is 57.9 Å². The SMILES string of the molecule is CS(=O)(=O)c1ccc(C2=C(c3ccc(C#N)cc3)CC3(CCCC3)C2)cc1. The minimum atomic E-state index is -3.19. The highest BCUT2D eigenvalue weighted by atomic mass is 32.2. The third kappa shape index (κ3) is 3.44. The second-order valence-electron chi connectivity index (χ2n) is 8.00. The molecule has 4 rings (SSSR count). The fourth-order valence-corrected chi connectivity index (χ4v) is 5.34. The van der Waals surface area contributed by atoms with Crippen molar-refractivity contribution in [1.82, 2.24) is 0 Å². The zero-order valence-electron chi connectivity index (χ0n) is 15.5. The lowest BCUT2D eigenvalue weighted by atomic mass is 9.81. The number of nitrogens with zero attached hydrogens (tertiary/aromatic N) is 1. The molecule has 2 aromatic carbocycles. The lowest BCUT2D eigenvalue weighted by molar-refractivity contribution is 0.330. The van der Waals surface area contributed by atoms with Gasteiger partial charge in [-0.2, -0.15) is 5.26 Å². The van der Waals surface area contributed by atoms with Gasteiger partial charge in [0.2, 0.25) is 0 Å². The van der Waals surface area contributed by atoms with Crippen molar-refractivity contribution in [2.45, 2.75) is 43.4 Å². The zero-order valence-corrected chi connectivity index (χ0v) is 16.3. The molecule has 0 saturated heterocycles. The molecule has 1 saturated carbocycles. The minimum Gasteiger partial charge on any atom is -0.224 e. The molecule has 0 unspecified atom stereocenters. The smallest absolute Gasteiger partial charge is 0.175 e. The summed E-state index contributed by atoms with van der Waals surface area (Å²) in [6.45, 7) is 0. The first kappa shape index (κ1) is 18.0. The molecule has 0 amide bonds. The number of nitriles is 1. The number of rotatable bonds is 3. The van der Waals surface area contributed by atoms with E-state index >= 15 is 0 Å². The molecule has 2 aliphatic carbocycles. The molecule has 0 heterocycles. The van der Waals surface area contributed by atoms with Gasteiger partial charge in [-0.05, 0) is 77.6 Å². The summed E-state index contributed by atoms with van der Waals surface area (Å²) in [5.74, 6) is 0. The number of benzene rings is 2. The molecule has 0 N–H and O–H groups in total. The van der Waals surface area contributed by atoms with Gasteiger partial charge in [-0.15, -0.1) is 0 Å². The summed E-state index contributed by atoms with van der Waals surface area (Å²) in [7, 11) is -3.19. The summed E-state index contributed by atoms with van der Waals surface area (Å²) < 4.78 is 23.6. The molecule has 1 fully saturated rings. The second kappa shape index (κ2) is 6.65. The van der Waals surface area contributed by atoms with E-state index < -0.39 is 9.84 Å². The van der Waals surface area contributed by atoms with Crippen LogP contribution in [0.15, 0.2) is 53.4 Å². The van der Waals surface area contributed by atoms with Gasteiger partial charge in [-0.3, -0.25) is 0 Å². The van der Waals surface area contributed by atoms with E-state index in [2.05, 4.69) is 6.07 Å². The van der Waals surface area contributed by atoms with Crippen molar-refractivity contribution in [2.75, 3.05) is 6.26 Å². The van der Waals surface area contributed by atoms with Gasteiger partial charge >= 0.3 is 0 Å². The highest BCUT2D eigenvalue weighted by Gasteiger charge is 2.41. The van der Waals surface area contributed by atoms with E-state index in [1.807, 2.05) is 36.4 Å². The van der Waals surface area contributed by atoms with Crippen LogP contribution in [0.5, 0.6) is 0 Å². The van der Waals surface area contributed by atoms with Crippen molar-refractivity contribution in [3.63, 3.8) is 0 Å². The average molecular weight is 378 g/mol. The lowest BCUT2D eigenvalue weighted by Gasteiger charge is -2.23. The fraction of sp³-hybridized carbons (Fsp3) is 0.348. The van der Waals surface area contributed by atoms with Gasteiger partial charge in [-0.25, -0.2) is 8.42 Å². The predicted octanol–water partition coefficient (Wildman–Crippen LogP) is 5.23. The Morgan fingerprint density at radius 2 is 1.33 bits per heavy atom. The van der Waals surface area contributed by atoms with E-state index in [0.717, 1.165) is 18.4 Å². The zero-order chi connectivity index (χ0) is 19.1. The summed E-state index contributed by atoms with van der Waals surface area (Å²) in [4.78, 5) is 0.361. The highest BCUT2D eigenvalue weighted by Crippen LogP contribution is 2.57. The maximum absolute atomic E-state index is 11.8. The molecule has 0 atom stereocenters. The normalized spacial score (nSPS) is 18.8. The quantitative estimate of drug-likeness (QED) is 0.736. The van der Waals surface area contributed by atoms with Crippen LogP contribution in [0.3, 0.4) is 0 Å². The van der Waals surface area contributed by atoms with Crippen molar-refractivity contribution in [3.8, 4) is 6.07 Å². The Hall–Kier alpha value is -2.38. The van der Waals surface area contributed by atoms with Crippen LogP contribution in [0, 0.1) is 16.7 Å². The van der Waals surface area contributed by atoms with Crippen LogP contribution in [0.2, 0.25) is 0 Å². The van der Waals surface area contributed by atoms with Crippen LogP contribution < -0.4 is 0 Å². The van der Waals surface area contributed by atoms with Gasteiger partial charge in [0, 0.05) is 6.26 Å². The Bertz CT molecular complexity index is 1030. The summed E-state index contributed by atoms with van der Waals surface area (Å²) >= 11 is 0. The monoisotopic (exact) mass is 377 g/mol. The van der Waals surface area contributed by atoms with Gasteiger partial charge < -0.3 is 0 Å². The number of hydrogen-bond acceptors (Lipinski definition) is 3. The lowest BCUT2D eigenvalue weighted by Crippen LogP contribution is -2.11. The fourth-order valence-electron chi connectivity index (χ4n) is 4.71. The largest absolute Gasteiger partial charge is 0.224 e.